The summed E-state index contributed by atoms with van der Waals surface area (Å²) in [6, 6.07) is 7.41. The Labute approximate surface area is 105 Å². The van der Waals surface area contributed by atoms with Gasteiger partial charge in [0.25, 0.3) is 5.91 Å². The summed E-state index contributed by atoms with van der Waals surface area (Å²) in [6.07, 6.45) is 2.43. The van der Waals surface area contributed by atoms with E-state index in [1.54, 1.807) is 11.9 Å². The molecule has 0 radical (unpaired) electrons. The number of para-hydroxylation sites is 1. The Balaban J connectivity index is 1.86. The average molecular weight is 242 g/mol. The van der Waals surface area contributed by atoms with Gasteiger partial charge in [-0.2, -0.15) is 0 Å². The summed E-state index contributed by atoms with van der Waals surface area (Å²) in [7, 11) is 1.79. The molecule has 1 aliphatic carbocycles. The first kappa shape index (κ1) is 11.1. The van der Waals surface area contributed by atoms with Crippen LogP contribution in [0.5, 0.6) is 0 Å². The molecule has 0 spiro atoms. The number of benzene rings is 1. The molecule has 1 amide bonds. The van der Waals surface area contributed by atoms with Crippen molar-refractivity contribution in [1.29, 1.82) is 0 Å². The van der Waals surface area contributed by atoms with E-state index in [0.717, 1.165) is 6.54 Å². The Morgan fingerprint density at radius 2 is 2.00 bits per heavy atom. The Morgan fingerprint density at radius 1 is 1.28 bits per heavy atom. The predicted molar refractivity (Wildman–Crippen MR) is 67.0 cm³/mol. The predicted octanol–water partition coefficient (Wildman–Crippen LogP) is 1.51. The molecule has 1 aromatic carbocycles. The van der Waals surface area contributed by atoms with Crippen molar-refractivity contribution < 1.29 is 4.79 Å². The van der Waals surface area contributed by atoms with E-state index in [2.05, 4.69) is 15.2 Å². The molecule has 0 saturated heterocycles. The largest absolute Gasteiger partial charge is 0.339 e. The Hall–Kier alpha value is -2.04. The summed E-state index contributed by atoms with van der Waals surface area (Å²) in [5.74, 6) is 0.685. The normalized spacial score (nSPS) is 14.7. The van der Waals surface area contributed by atoms with E-state index in [0.29, 0.717) is 17.0 Å². The van der Waals surface area contributed by atoms with Crippen molar-refractivity contribution in [2.24, 2.45) is 5.92 Å². The van der Waals surface area contributed by atoms with Crippen molar-refractivity contribution in [3.05, 3.63) is 30.1 Å². The molecule has 0 aliphatic heterocycles. The van der Waals surface area contributed by atoms with Crippen LogP contribution in [-0.4, -0.2) is 39.6 Å². The van der Waals surface area contributed by atoms with Crippen LogP contribution in [0, 0.1) is 5.92 Å². The number of hydrogen-bond acceptors (Lipinski definition) is 4. The number of nitrogens with zero attached hydrogens (tertiary/aromatic N) is 4. The summed E-state index contributed by atoms with van der Waals surface area (Å²) < 4.78 is 0. The standard InChI is InChI=1S/C13H14N4O/c1-17(8-9-6-7-9)13(18)12-14-10-4-2-3-5-11(10)15-16-12/h2-5,9H,6-8H2,1H3. The number of rotatable bonds is 3. The Kier molecular flexibility index (Phi) is 2.66. The maximum Gasteiger partial charge on any atom is 0.293 e. The average Bonchev–Trinajstić information content (AvgIpc) is 3.21. The van der Waals surface area contributed by atoms with Crippen LogP contribution in [0.2, 0.25) is 0 Å². The zero-order chi connectivity index (χ0) is 12.5. The molecule has 3 rings (SSSR count). The fraction of sp³-hybridized carbons (Fsp3) is 0.385. The molecule has 1 saturated carbocycles. The number of carbonyl (C=O) groups excluding carboxylic acids is 1. The number of aromatic nitrogens is 3. The number of carbonyl (C=O) groups is 1. The van der Waals surface area contributed by atoms with E-state index in [1.807, 2.05) is 24.3 Å². The van der Waals surface area contributed by atoms with Crippen LogP contribution in [0.3, 0.4) is 0 Å². The van der Waals surface area contributed by atoms with Gasteiger partial charge in [0.2, 0.25) is 5.82 Å². The van der Waals surface area contributed by atoms with E-state index < -0.39 is 0 Å². The summed E-state index contributed by atoms with van der Waals surface area (Å²) >= 11 is 0. The van der Waals surface area contributed by atoms with Gasteiger partial charge in [-0.1, -0.05) is 12.1 Å². The van der Waals surface area contributed by atoms with Crippen LogP contribution < -0.4 is 0 Å². The first-order valence-corrected chi connectivity index (χ1v) is 6.09. The third-order valence-corrected chi connectivity index (χ3v) is 3.13. The zero-order valence-corrected chi connectivity index (χ0v) is 10.2. The van der Waals surface area contributed by atoms with Gasteiger partial charge in [0.1, 0.15) is 5.52 Å². The lowest BCUT2D eigenvalue weighted by Gasteiger charge is -2.15. The molecule has 92 valence electrons. The molecule has 5 heteroatoms. The molecule has 2 aromatic rings. The minimum atomic E-state index is -0.153. The molecule has 1 aromatic heterocycles. The van der Waals surface area contributed by atoms with E-state index in [4.69, 9.17) is 0 Å². The lowest BCUT2D eigenvalue weighted by Crippen LogP contribution is -2.30. The second kappa shape index (κ2) is 4.33. The summed E-state index contributed by atoms with van der Waals surface area (Å²) in [5, 5.41) is 7.92. The van der Waals surface area contributed by atoms with Crippen LogP contribution in [-0.2, 0) is 0 Å². The second-order valence-electron chi connectivity index (χ2n) is 4.75. The fourth-order valence-corrected chi connectivity index (χ4v) is 1.91. The molecule has 5 nitrogen and oxygen atoms in total. The van der Waals surface area contributed by atoms with Gasteiger partial charge in [-0.25, -0.2) is 4.98 Å². The Morgan fingerprint density at radius 3 is 2.72 bits per heavy atom. The quantitative estimate of drug-likeness (QED) is 0.818. The van der Waals surface area contributed by atoms with Crippen LogP contribution in [0.15, 0.2) is 24.3 Å². The van der Waals surface area contributed by atoms with Crippen molar-refractivity contribution in [1.82, 2.24) is 20.1 Å². The molecular weight excluding hydrogens is 228 g/mol. The Bertz CT molecular complexity index is 594. The first-order valence-electron chi connectivity index (χ1n) is 6.09. The molecule has 0 atom stereocenters. The van der Waals surface area contributed by atoms with Crippen molar-refractivity contribution in [3.8, 4) is 0 Å². The smallest absolute Gasteiger partial charge is 0.293 e. The first-order chi connectivity index (χ1) is 8.74. The minimum Gasteiger partial charge on any atom is -0.339 e. The maximum absolute atomic E-state index is 12.1. The second-order valence-corrected chi connectivity index (χ2v) is 4.75. The molecule has 1 fully saturated rings. The SMILES string of the molecule is CN(CC1CC1)C(=O)c1nnc2ccccc2n1. The fourth-order valence-electron chi connectivity index (χ4n) is 1.91. The van der Waals surface area contributed by atoms with Gasteiger partial charge in [-0.15, -0.1) is 10.2 Å². The highest BCUT2D eigenvalue weighted by molar-refractivity contribution is 5.91. The third kappa shape index (κ3) is 2.16. The maximum atomic E-state index is 12.1. The zero-order valence-electron chi connectivity index (χ0n) is 10.2. The van der Waals surface area contributed by atoms with Crippen LogP contribution in [0.25, 0.3) is 11.0 Å². The van der Waals surface area contributed by atoms with Crippen LogP contribution in [0.1, 0.15) is 23.5 Å². The third-order valence-electron chi connectivity index (χ3n) is 3.13. The summed E-state index contributed by atoms with van der Waals surface area (Å²) in [5.41, 5.74) is 1.41. The van der Waals surface area contributed by atoms with Gasteiger partial charge >= 0.3 is 0 Å². The molecule has 0 N–H and O–H groups in total. The van der Waals surface area contributed by atoms with Crippen molar-refractivity contribution in [2.45, 2.75) is 12.8 Å². The van der Waals surface area contributed by atoms with Gasteiger partial charge in [0.15, 0.2) is 0 Å². The molecule has 0 bridgehead atoms. The van der Waals surface area contributed by atoms with Gasteiger partial charge in [-0.05, 0) is 30.9 Å². The number of amides is 1. The summed E-state index contributed by atoms with van der Waals surface area (Å²) in [6.45, 7) is 0.787. The van der Waals surface area contributed by atoms with Crippen LogP contribution >= 0.6 is 0 Å². The highest BCUT2D eigenvalue weighted by Gasteiger charge is 2.26. The van der Waals surface area contributed by atoms with Gasteiger partial charge in [-0.3, -0.25) is 4.79 Å². The number of fused-ring (bicyclic) bond motifs is 1. The highest BCUT2D eigenvalue weighted by Crippen LogP contribution is 2.29. The summed E-state index contributed by atoms with van der Waals surface area (Å²) in [4.78, 5) is 18.1. The molecule has 1 aliphatic rings. The van der Waals surface area contributed by atoms with Crippen LogP contribution in [0.4, 0.5) is 0 Å². The van der Waals surface area contributed by atoms with E-state index >= 15 is 0 Å². The molecule has 0 unspecified atom stereocenters. The lowest BCUT2D eigenvalue weighted by molar-refractivity contribution is 0.0776. The van der Waals surface area contributed by atoms with E-state index in [1.165, 1.54) is 12.8 Å². The number of hydrogen-bond donors (Lipinski definition) is 0. The van der Waals surface area contributed by atoms with Crippen molar-refractivity contribution in [3.63, 3.8) is 0 Å². The van der Waals surface area contributed by atoms with Crippen molar-refractivity contribution >= 4 is 16.9 Å². The van der Waals surface area contributed by atoms with Gasteiger partial charge < -0.3 is 4.90 Å². The monoisotopic (exact) mass is 242 g/mol. The van der Waals surface area contributed by atoms with Gasteiger partial charge in [0, 0.05) is 13.6 Å². The highest BCUT2D eigenvalue weighted by atomic mass is 16.2. The minimum absolute atomic E-state index is 0.153. The van der Waals surface area contributed by atoms with Crippen molar-refractivity contribution in [2.75, 3.05) is 13.6 Å². The van der Waals surface area contributed by atoms with E-state index in [-0.39, 0.29) is 11.7 Å². The molecule has 18 heavy (non-hydrogen) atoms. The lowest BCUT2D eigenvalue weighted by atomic mass is 10.3. The van der Waals surface area contributed by atoms with E-state index in [9.17, 15) is 4.79 Å². The topological polar surface area (TPSA) is 59.0 Å². The molecular formula is C13H14N4O. The molecule has 1 heterocycles. The van der Waals surface area contributed by atoms with Gasteiger partial charge in [0.05, 0.1) is 5.52 Å².